The number of aromatic nitrogens is 3. The van der Waals surface area contributed by atoms with E-state index in [1.54, 1.807) is 7.11 Å². The number of carbonyl (C=O) groups is 1. The average molecular weight is 394 g/mol. The Morgan fingerprint density at radius 1 is 1.24 bits per heavy atom. The van der Waals surface area contributed by atoms with E-state index in [2.05, 4.69) is 21.2 Å². The van der Waals surface area contributed by atoms with Crippen molar-refractivity contribution >= 4 is 22.5 Å². The van der Waals surface area contributed by atoms with Crippen molar-refractivity contribution in [3.05, 3.63) is 48.2 Å². The minimum Gasteiger partial charge on any atom is -0.494 e. The van der Waals surface area contributed by atoms with Crippen LogP contribution in [0.15, 0.2) is 36.7 Å². The Labute approximate surface area is 168 Å². The lowest BCUT2D eigenvalue weighted by molar-refractivity contribution is 0.102. The molecule has 2 aliphatic carbocycles. The van der Waals surface area contributed by atoms with E-state index in [-0.39, 0.29) is 5.69 Å². The van der Waals surface area contributed by atoms with Gasteiger partial charge in [-0.2, -0.15) is 5.10 Å². The van der Waals surface area contributed by atoms with Gasteiger partial charge < -0.3 is 10.1 Å². The molecule has 3 aromatic rings. The lowest BCUT2D eigenvalue weighted by Crippen LogP contribution is -2.19. The number of methoxy groups -OCH3 is 1. The number of amides is 1. The van der Waals surface area contributed by atoms with Crippen LogP contribution in [0.3, 0.4) is 0 Å². The number of ether oxygens (including phenoxy) is 1. The van der Waals surface area contributed by atoms with Crippen molar-refractivity contribution in [2.45, 2.75) is 44.6 Å². The number of halogens is 1. The number of hydrogen-bond donors (Lipinski definition) is 1. The summed E-state index contributed by atoms with van der Waals surface area (Å²) in [5, 5.41) is 8.53. The van der Waals surface area contributed by atoms with Gasteiger partial charge in [0.05, 0.1) is 30.6 Å². The van der Waals surface area contributed by atoms with E-state index in [0.29, 0.717) is 22.9 Å². The Hall–Kier alpha value is -2.96. The first kappa shape index (κ1) is 18.1. The smallest absolute Gasteiger partial charge is 0.274 e. The van der Waals surface area contributed by atoms with Crippen LogP contribution in [0.1, 0.15) is 55.1 Å². The lowest BCUT2D eigenvalue weighted by atomic mass is 9.83. The predicted molar refractivity (Wildman–Crippen MR) is 108 cm³/mol. The Morgan fingerprint density at radius 2 is 2.03 bits per heavy atom. The maximum absolute atomic E-state index is 13.0. The maximum atomic E-state index is 13.0. The molecule has 0 bridgehead atoms. The SMILES string of the molecule is COc1cc2nn(C3CCC4(CC3)CC4)cc2cc1NC(=O)c1ccc(F)cn1. The van der Waals surface area contributed by atoms with E-state index >= 15 is 0 Å². The van der Waals surface area contributed by atoms with Crippen LogP contribution in [-0.2, 0) is 0 Å². The fourth-order valence-electron chi connectivity index (χ4n) is 4.38. The van der Waals surface area contributed by atoms with Crippen LogP contribution in [0, 0.1) is 11.2 Å². The molecule has 2 heterocycles. The third kappa shape index (κ3) is 3.45. The zero-order chi connectivity index (χ0) is 20.0. The fourth-order valence-corrected chi connectivity index (χ4v) is 4.38. The quantitative estimate of drug-likeness (QED) is 0.695. The van der Waals surface area contributed by atoms with Gasteiger partial charge in [-0.25, -0.2) is 9.37 Å². The molecule has 2 fully saturated rings. The van der Waals surface area contributed by atoms with Crippen LogP contribution >= 0.6 is 0 Å². The van der Waals surface area contributed by atoms with Crippen LogP contribution in [0.4, 0.5) is 10.1 Å². The van der Waals surface area contributed by atoms with Gasteiger partial charge in [0.15, 0.2) is 0 Å². The topological polar surface area (TPSA) is 69.0 Å². The number of fused-ring (bicyclic) bond motifs is 1. The molecule has 0 saturated heterocycles. The monoisotopic (exact) mass is 394 g/mol. The molecule has 2 saturated carbocycles. The standard InChI is InChI=1S/C22H23FN4O2/c1-29-20-11-18-14(10-19(20)25-21(28)17-3-2-15(23)12-24-17)13-27(26-18)16-4-6-22(7-5-16)8-9-22/h2-3,10-13,16H,4-9H2,1H3,(H,25,28). The van der Waals surface area contributed by atoms with Crippen LogP contribution < -0.4 is 10.1 Å². The summed E-state index contributed by atoms with van der Waals surface area (Å²) in [6.45, 7) is 0. The summed E-state index contributed by atoms with van der Waals surface area (Å²) >= 11 is 0. The molecule has 0 radical (unpaired) electrons. The summed E-state index contributed by atoms with van der Waals surface area (Å²) in [5.41, 5.74) is 2.17. The van der Waals surface area contributed by atoms with Gasteiger partial charge in [0, 0.05) is 17.6 Å². The molecule has 1 N–H and O–H groups in total. The molecule has 1 aromatic carbocycles. The minimum atomic E-state index is -0.483. The van der Waals surface area contributed by atoms with Crippen molar-refractivity contribution in [2.75, 3.05) is 12.4 Å². The number of benzene rings is 1. The van der Waals surface area contributed by atoms with Crippen molar-refractivity contribution in [3.8, 4) is 5.75 Å². The summed E-state index contributed by atoms with van der Waals surface area (Å²) in [5.74, 6) is -0.376. The molecule has 2 aromatic heterocycles. The van der Waals surface area contributed by atoms with Crippen molar-refractivity contribution in [2.24, 2.45) is 5.41 Å². The van der Waals surface area contributed by atoms with Gasteiger partial charge in [0.25, 0.3) is 5.91 Å². The van der Waals surface area contributed by atoms with Crippen LogP contribution in [0.25, 0.3) is 10.9 Å². The summed E-state index contributed by atoms with van der Waals surface area (Å²) in [7, 11) is 1.56. The minimum absolute atomic E-state index is 0.139. The number of rotatable bonds is 4. The Kier molecular flexibility index (Phi) is 4.26. The molecular weight excluding hydrogens is 371 g/mol. The highest BCUT2D eigenvalue weighted by atomic mass is 19.1. The molecule has 2 aliphatic rings. The molecule has 1 amide bonds. The molecule has 0 unspecified atom stereocenters. The van der Waals surface area contributed by atoms with Gasteiger partial charge in [-0.15, -0.1) is 0 Å². The molecule has 5 rings (SSSR count). The number of nitrogens with zero attached hydrogens (tertiary/aromatic N) is 3. The highest BCUT2D eigenvalue weighted by molar-refractivity contribution is 6.05. The molecule has 0 atom stereocenters. The van der Waals surface area contributed by atoms with Gasteiger partial charge in [0.2, 0.25) is 0 Å². The van der Waals surface area contributed by atoms with Gasteiger partial charge in [-0.3, -0.25) is 9.48 Å². The number of carbonyl (C=O) groups excluding carboxylic acids is 1. The van der Waals surface area contributed by atoms with Crippen LogP contribution in [-0.4, -0.2) is 27.8 Å². The maximum Gasteiger partial charge on any atom is 0.274 e. The van der Waals surface area contributed by atoms with Crippen molar-refractivity contribution in [3.63, 3.8) is 0 Å². The zero-order valence-corrected chi connectivity index (χ0v) is 16.3. The van der Waals surface area contributed by atoms with E-state index in [9.17, 15) is 9.18 Å². The summed E-state index contributed by atoms with van der Waals surface area (Å²) in [6, 6.07) is 6.70. The molecular formula is C22H23FN4O2. The number of anilines is 1. The normalized spacial score (nSPS) is 18.1. The third-order valence-corrected chi connectivity index (χ3v) is 6.40. The highest BCUT2D eigenvalue weighted by Gasteiger charge is 2.45. The molecule has 29 heavy (non-hydrogen) atoms. The molecule has 1 spiro atoms. The Balaban J connectivity index is 1.40. The molecule has 6 nitrogen and oxygen atoms in total. The van der Waals surface area contributed by atoms with Crippen molar-refractivity contribution < 1.29 is 13.9 Å². The van der Waals surface area contributed by atoms with E-state index in [1.807, 2.05) is 12.1 Å². The van der Waals surface area contributed by atoms with Gasteiger partial charge in [0.1, 0.15) is 17.3 Å². The average Bonchev–Trinajstić information content (AvgIpc) is 3.35. The van der Waals surface area contributed by atoms with Gasteiger partial charge >= 0.3 is 0 Å². The van der Waals surface area contributed by atoms with Crippen molar-refractivity contribution in [1.29, 1.82) is 0 Å². The van der Waals surface area contributed by atoms with Crippen LogP contribution in [0.2, 0.25) is 0 Å². The highest BCUT2D eigenvalue weighted by Crippen LogP contribution is 2.57. The lowest BCUT2D eigenvalue weighted by Gasteiger charge is -2.28. The third-order valence-electron chi connectivity index (χ3n) is 6.40. The predicted octanol–water partition coefficient (Wildman–Crippen LogP) is 4.73. The molecule has 7 heteroatoms. The number of pyridine rings is 1. The summed E-state index contributed by atoms with van der Waals surface area (Å²) < 4.78 is 20.6. The molecule has 150 valence electrons. The molecule has 0 aliphatic heterocycles. The Morgan fingerprint density at radius 3 is 2.69 bits per heavy atom. The second-order valence-electron chi connectivity index (χ2n) is 8.27. The van der Waals surface area contributed by atoms with E-state index in [4.69, 9.17) is 9.84 Å². The van der Waals surface area contributed by atoms with Crippen molar-refractivity contribution in [1.82, 2.24) is 14.8 Å². The second-order valence-corrected chi connectivity index (χ2v) is 8.27. The van der Waals surface area contributed by atoms with Gasteiger partial charge in [-0.1, -0.05) is 0 Å². The number of nitrogens with one attached hydrogen (secondary N) is 1. The van der Waals surface area contributed by atoms with Gasteiger partial charge in [-0.05, 0) is 62.1 Å². The van der Waals surface area contributed by atoms with E-state index in [0.717, 1.165) is 17.1 Å². The summed E-state index contributed by atoms with van der Waals surface area (Å²) in [6.07, 6.45) is 10.8. The number of hydrogen-bond acceptors (Lipinski definition) is 4. The first-order valence-corrected chi connectivity index (χ1v) is 10.1. The van der Waals surface area contributed by atoms with E-state index in [1.165, 1.54) is 50.7 Å². The van der Waals surface area contributed by atoms with Crippen LogP contribution in [0.5, 0.6) is 5.75 Å². The zero-order valence-electron chi connectivity index (χ0n) is 16.3. The fraction of sp³-hybridized carbons (Fsp3) is 0.409. The second kappa shape index (κ2) is 6.83. The first-order chi connectivity index (χ1) is 14.0. The Bertz CT molecular complexity index is 1060. The largest absolute Gasteiger partial charge is 0.494 e. The summed E-state index contributed by atoms with van der Waals surface area (Å²) in [4.78, 5) is 16.3. The van der Waals surface area contributed by atoms with E-state index < -0.39 is 11.7 Å². The first-order valence-electron chi connectivity index (χ1n) is 10.1.